The number of likely N-dealkylation sites (tertiary alicyclic amines) is 1. The number of nitrogens with zero attached hydrogens (tertiary/aromatic N) is 1. The molecule has 1 atom stereocenters. The molecule has 1 saturated heterocycles. The van der Waals surface area contributed by atoms with Crippen molar-refractivity contribution in [3.05, 3.63) is 34.9 Å². The highest BCUT2D eigenvalue weighted by Gasteiger charge is 2.27. The minimum absolute atomic E-state index is 0.0418. The number of benzene rings is 1. The third kappa shape index (κ3) is 2.73. The van der Waals surface area contributed by atoms with E-state index < -0.39 is 0 Å². The second kappa shape index (κ2) is 5.96. The molecule has 1 N–H and O–H groups in total. The highest BCUT2D eigenvalue weighted by molar-refractivity contribution is 5.79. The van der Waals surface area contributed by atoms with Gasteiger partial charge in [0.25, 0.3) is 0 Å². The van der Waals surface area contributed by atoms with E-state index in [1.807, 2.05) is 4.90 Å². The van der Waals surface area contributed by atoms with Crippen LogP contribution in [-0.4, -0.2) is 35.1 Å². The van der Waals surface area contributed by atoms with Crippen molar-refractivity contribution in [1.82, 2.24) is 4.90 Å². The Labute approximate surface area is 120 Å². The van der Waals surface area contributed by atoms with E-state index in [9.17, 15) is 9.90 Å². The minimum atomic E-state index is 0.0418. The number of aryl methyl sites for hydroxylation is 2. The number of hydrogen-bond acceptors (Lipinski definition) is 2. The normalized spacial score (nSPS) is 21.9. The molecule has 108 valence electrons. The van der Waals surface area contributed by atoms with Crippen LogP contribution in [0.2, 0.25) is 0 Å². The molecule has 1 fully saturated rings. The molecule has 0 aromatic heterocycles. The van der Waals surface area contributed by atoms with Gasteiger partial charge in [-0.1, -0.05) is 18.2 Å². The van der Waals surface area contributed by atoms with Gasteiger partial charge in [-0.2, -0.15) is 0 Å². The van der Waals surface area contributed by atoms with E-state index in [0.717, 1.165) is 31.4 Å². The molecule has 2 aliphatic rings. The Kier molecular flexibility index (Phi) is 4.06. The Bertz CT molecular complexity index is 498. The van der Waals surface area contributed by atoms with Gasteiger partial charge in [0.1, 0.15) is 0 Å². The summed E-state index contributed by atoms with van der Waals surface area (Å²) in [5, 5.41) is 9.32. The van der Waals surface area contributed by atoms with Crippen LogP contribution in [0, 0.1) is 0 Å². The van der Waals surface area contributed by atoms with Crippen molar-refractivity contribution in [2.24, 2.45) is 0 Å². The Balaban J connectivity index is 1.69. The molecule has 20 heavy (non-hydrogen) atoms. The number of fused-ring (bicyclic) bond motifs is 1. The molecule has 1 aliphatic carbocycles. The Morgan fingerprint density at radius 2 is 2.00 bits per heavy atom. The maximum atomic E-state index is 12.4. The van der Waals surface area contributed by atoms with Crippen molar-refractivity contribution >= 4 is 5.91 Å². The number of amides is 1. The standard InChI is InChI=1S/C17H23NO2/c19-12-16-6-3-9-18(16)17(20)11-13-7-8-14-4-1-2-5-15(14)10-13/h7-8,10,16,19H,1-6,9,11-12H2. The molecule has 3 heteroatoms. The smallest absolute Gasteiger partial charge is 0.227 e. The Morgan fingerprint density at radius 1 is 1.20 bits per heavy atom. The number of carbonyl (C=O) groups excluding carboxylic acids is 1. The van der Waals surface area contributed by atoms with Gasteiger partial charge in [-0.15, -0.1) is 0 Å². The molecule has 3 nitrogen and oxygen atoms in total. The average molecular weight is 273 g/mol. The van der Waals surface area contributed by atoms with E-state index in [2.05, 4.69) is 18.2 Å². The maximum absolute atomic E-state index is 12.4. The summed E-state index contributed by atoms with van der Waals surface area (Å²) in [6.45, 7) is 0.894. The first-order valence-corrected chi connectivity index (χ1v) is 7.79. The summed E-state index contributed by atoms with van der Waals surface area (Å²) in [5.41, 5.74) is 4.02. The fourth-order valence-corrected chi connectivity index (χ4v) is 3.53. The van der Waals surface area contributed by atoms with Gasteiger partial charge in [0.15, 0.2) is 0 Å². The lowest BCUT2D eigenvalue weighted by Crippen LogP contribution is -2.38. The lowest BCUT2D eigenvalue weighted by atomic mass is 9.90. The van der Waals surface area contributed by atoms with Crippen molar-refractivity contribution in [2.45, 2.75) is 51.0 Å². The van der Waals surface area contributed by atoms with Crippen LogP contribution < -0.4 is 0 Å². The minimum Gasteiger partial charge on any atom is -0.394 e. The highest BCUT2D eigenvalue weighted by Crippen LogP contribution is 2.23. The lowest BCUT2D eigenvalue weighted by Gasteiger charge is -2.23. The first kappa shape index (κ1) is 13.6. The predicted molar refractivity (Wildman–Crippen MR) is 78.6 cm³/mol. The van der Waals surface area contributed by atoms with Gasteiger partial charge in [-0.25, -0.2) is 0 Å². The molecule has 0 saturated carbocycles. The van der Waals surface area contributed by atoms with Crippen molar-refractivity contribution < 1.29 is 9.90 Å². The Morgan fingerprint density at radius 3 is 2.80 bits per heavy atom. The summed E-state index contributed by atoms with van der Waals surface area (Å²) < 4.78 is 0. The zero-order chi connectivity index (χ0) is 13.9. The zero-order valence-corrected chi connectivity index (χ0v) is 12.0. The van der Waals surface area contributed by atoms with Gasteiger partial charge in [0.05, 0.1) is 19.1 Å². The third-order valence-electron chi connectivity index (χ3n) is 4.68. The molecule has 1 aromatic rings. The summed E-state index contributed by atoms with van der Waals surface area (Å²) in [7, 11) is 0. The first-order chi connectivity index (χ1) is 9.78. The largest absolute Gasteiger partial charge is 0.394 e. The molecule has 0 spiro atoms. The third-order valence-corrected chi connectivity index (χ3v) is 4.68. The van der Waals surface area contributed by atoms with E-state index in [-0.39, 0.29) is 18.6 Å². The number of aliphatic hydroxyl groups excluding tert-OH is 1. The van der Waals surface area contributed by atoms with Crippen LogP contribution in [0.25, 0.3) is 0 Å². The average Bonchev–Trinajstić information content (AvgIpc) is 2.95. The summed E-state index contributed by atoms with van der Waals surface area (Å²) in [5.74, 6) is 0.164. The zero-order valence-electron chi connectivity index (χ0n) is 12.0. The second-order valence-electron chi connectivity index (χ2n) is 6.05. The SMILES string of the molecule is O=C(Cc1ccc2c(c1)CCCC2)N1CCCC1CO. The van der Waals surface area contributed by atoms with Crippen molar-refractivity contribution in [3.63, 3.8) is 0 Å². The van der Waals surface area contributed by atoms with Crippen LogP contribution in [0.3, 0.4) is 0 Å². The maximum Gasteiger partial charge on any atom is 0.227 e. The predicted octanol–water partition coefficient (Wildman–Crippen LogP) is 2.09. The van der Waals surface area contributed by atoms with Crippen LogP contribution in [0.5, 0.6) is 0 Å². The number of carbonyl (C=O) groups is 1. The quantitative estimate of drug-likeness (QED) is 0.916. The fraction of sp³-hybridized carbons (Fsp3) is 0.588. The number of rotatable bonds is 3. The number of aliphatic hydroxyl groups is 1. The molecular formula is C17H23NO2. The van der Waals surface area contributed by atoms with E-state index >= 15 is 0 Å². The first-order valence-electron chi connectivity index (χ1n) is 7.79. The van der Waals surface area contributed by atoms with Crippen molar-refractivity contribution in [3.8, 4) is 0 Å². The molecule has 1 heterocycles. The summed E-state index contributed by atoms with van der Waals surface area (Å²) in [6, 6.07) is 6.56. The van der Waals surface area contributed by atoms with Crippen molar-refractivity contribution in [1.29, 1.82) is 0 Å². The second-order valence-corrected chi connectivity index (χ2v) is 6.05. The Hall–Kier alpha value is -1.35. The number of hydrogen-bond donors (Lipinski definition) is 1. The monoisotopic (exact) mass is 273 g/mol. The van der Waals surface area contributed by atoms with Gasteiger partial charge >= 0.3 is 0 Å². The molecule has 1 aliphatic heterocycles. The van der Waals surface area contributed by atoms with Crippen LogP contribution >= 0.6 is 0 Å². The van der Waals surface area contributed by atoms with Crippen LogP contribution in [0.1, 0.15) is 42.4 Å². The van der Waals surface area contributed by atoms with Gasteiger partial charge in [-0.05, 0) is 55.2 Å². The molecular weight excluding hydrogens is 250 g/mol. The van der Waals surface area contributed by atoms with Crippen LogP contribution in [-0.2, 0) is 24.1 Å². The summed E-state index contributed by atoms with van der Waals surface area (Å²) in [4.78, 5) is 14.2. The van der Waals surface area contributed by atoms with E-state index in [1.165, 1.54) is 30.4 Å². The van der Waals surface area contributed by atoms with Crippen LogP contribution in [0.15, 0.2) is 18.2 Å². The molecule has 0 bridgehead atoms. The molecule has 0 radical (unpaired) electrons. The highest BCUT2D eigenvalue weighted by atomic mass is 16.3. The van der Waals surface area contributed by atoms with Gasteiger partial charge in [0.2, 0.25) is 5.91 Å². The fourth-order valence-electron chi connectivity index (χ4n) is 3.53. The van der Waals surface area contributed by atoms with Gasteiger partial charge in [-0.3, -0.25) is 4.79 Å². The molecule has 1 amide bonds. The van der Waals surface area contributed by atoms with Gasteiger partial charge < -0.3 is 10.0 Å². The molecule has 3 rings (SSSR count). The van der Waals surface area contributed by atoms with Gasteiger partial charge in [0, 0.05) is 6.54 Å². The molecule has 1 aromatic carbocycles. The summed E-state index contributed by atoms with van der Waals surface area (Å²) >= 11 is 0. The topological polar surface area (TPSA) is 40.5 Å². The molecule has 1 unspecified atom stereocenters. The lowest BCUT2D eigenvalue weighted by molar-refractivity contribution is -0.131. The summed E-state index contributed by atoms with van der Waals surface area (Å²) in [6.07, 6.45) is 7.32. The van der Waals surface area contributed by atoms with E-state index in [0.29, 0.717) is 6.42 Å². The van der Waals surface area contributed by atoms with Crippen LogP contribution in [0.4, 0.5) is 0 Å². The van der Waals surface area contributed by atoms with Crippen molar-refractivity contribution in [2.75, 3.05) is 13.2 Å². The van der Waals surface area contributed by atoms with E-state index in [1.54, 1.807) is 0 Å². The van der Waals surface area contributed by atoms with E-state index in [4.69, 9.17) is 0 Å².